The lowest BCUT2D eigenvalue weighted by Gasteiger charge is -2.12. The first kappa shape index (κ1) is 14.4. The molecule has 0 radical (unpaired) electrons. The lowest BCUT2D eigenvalue weighted by molar-refractivity contribution is 0.660. The van der Waals surface area contributed by atoms with Gasteiger partial charge in [-0.25, -0.2) is 0 Å². The summed E-state index contributed by atoms with van der Waals surface area (Å²) in [6, 6.07) is 8.60. The zero-order valence-corrected chi connectivity index (χ0v) is 10.3. The van der Waals surface area contributed by atoms with Gasteiger partial charge in [0.1, 0.15) is 0 Å². The molecule has 0 saturated carbocycles. The fourth-order valence-electron chi connectivity index (χ4n) is 1.47. The fraction of sp³-hybridized carbons (Fsp3) is 0.500. The highest BCUT2D eigenvalue weighted by Crippen LogP contribution is 2.18. The van der Waals surface area contributed by atoms with E-state index in [4.69, 9.17) is 11.5 Å². The molecule has 2 nitrogen and oxygen atoms in total. The van der Waals surface area contributed by atoms with E-state index in [9.17, 15) is 0 Å². The van der Waals surface area contributed by atoms with Crippen LogP contribution in [0.3, 0.4) is 0 Å². The topological polar surface area (TPSA) is 52.0 Å². The van der Waals surface area contributed by atoms with Gasteiger partial charge in [-0.15, -0.1) is 12.4 Å². The Balaban J connectivity index is 0.00000196. The highest BCUT2D eigenvalue weighted by Gasteiger charge is 2.05. The molecule has 1 aromatic rings. The van der Waals surface area contributed by atoms with Crippen LogP contribution in [0.1, 0.15) is 43.4 Å². The molecule has 0 unspecified atom stereocenters. The minimum atomic E-state index is 0. The van der Waals surface area contributed by atoms with E-state index in [1.165, 1.54) is 11.1 Å². The standard InChI is InChI=1S/C12H20N2.ClH/c1-9(2)10-3-5-11(6-4-10)12(14)7-8-13;/h3-6,9,12H,7-8,13-14H2,1-2H3;1H/t12-;/m0./s1. The van der Waals surface area contributed by atoms with Gasteiger partial charge in [-0.05, 0) is 30.0 Å². The Morgan fingerprint density at radius 1 is 1.07 bits per heavy atom. The van der Waals surface area contributed by atoms with Crippen molar-refractivity contribution in [2.75, 3.05) is 6.54 Å². The first-order valence-electron chi connectivity index (χ1n) is 5.20. The maximum absolute atomic E-state index is 5.95. The smallest absolute Gasteiger partial charge is 0.0306 e. The zero-order chi connectivity index (χ0) is 10.6. The van der Waals surface area contributed by atoms with Crippen LogP contribution in [-0.4, -0.2) is 6.54 Å². The van der Waals surface area contributed by atoms with Gasteiger partial charge in [0.15, 0.2) is 0 Å². The molecule has 0 spiro atoms. The lowest BCUT2D eigenvalue weighted by atomic mass is 9.98. The van der Waals surface area contributed by atoms with Crippen molar-refractivity contribution in [3.8, 4) is 0 Å². The van der Waals surface area contributed by atoms with Crippen molar-refractivity contribution in [2.45, 2.75) is 32.2 Å². The summed E-state index contributed by atoms with van der Waals surface area (Å²) < 4.78 is 0. The number of nitrogens with two attached hydrogens (primary N) is 2. The SMILES string of the molecule is CC(C)c1ccc([C@@H](N)CCN)cc1.Cl. The second-order valence-corrected chi connectivity index (χ2v) is 4.01. The molecule has 0 fully saturated rings. The van der Waals surface area contributed by atoms with Crippen LogP contribution < -0.4 is 11.5 Å². The number of halogens is 1. The van der Waals surface area contributed by atoms with Crippen LogP contribution in [0.4, 0.5) is 0 Å². The predicted molar refractivity (Wildman–Crippen MR) is 68.4 cm³/mol. The quantitative estimate of drug-likeness (QED) is 0.833. The highest BCUT2D eigenvalue weighted by molar-refractivity contribution is 5.85. The van der Waals surface area contributed by atoms with Crippen molar-refractivity contribution < 1.29 is 0 Å². The van der Waals surface area contributed by atoms with E-state index in [-0.39, 0.29) is 18.4 Å². The van der Waals surface area contributed by atoms with Crippen LogP contribution in [0.2, 0.25) is 0 Å². The van der Waals surface area contributed by atoms with Gasteiger partial charge in [-0.1, -0.05) is 38.1 Å². The first-order chi connectivity index (χ1) is 6.65. The van der Waals surface area contributed by atoms with Crippen molar-refractivity contribution in [1.82, 2.24) is 0 Å². The summed E-state index contributed by atoms with van der Waals surface area (Å²) in [5.74, 6) is 0.579. The van der Waals surface area contributed by atoms with E-state index in [0.717, 1.165) is 6.42 Å². The molecule has 0 bridgehead atoms. The number of hydrogen-bond donors (Lipinski definition) is 2. The summed E-state index contributed by atoms with van der Waals surface area (Å²) in [5, 5.41) is 0. The van der Waals surface area contributed by atoms with Gasteiger partial charge in [0.05, 0.1) is 0 Å². The molecule has 0 aromatic heterocycles. The molecule has 0 heterocycles. The Kier molecular flexibility index (Phi) is 6.57. The third-order valence-corrected chi connectivity index (χ3v) is 2.51. The van der Waals surface area contributed by atoms with Crippen LogP contribution >= 0.6 is 12.4 Å². The van der Waals surface area contributed by atoms with Gasteiger partial charge in [-0.2, -0.15) is 0 Å². The maximum atomic E-state index is 5.95. The Morgan fingerprint density at radius 3 is 1.93 bits per heavy atom. The van der Waals surface area contributed by atoms with Crippen molar-refractivity contribution in [3.05, 3.63) is 35.4 Å². The molecule has 1 rings (SSSR count). The first-order valence-corrected chi connectivity index (χ1v) is 5.20. The monoisotopic (exact) mass is 228 g/mol. The fourth-order valence-corrected chi connectivity index (χ4v) is 1.47. The van der Waals surface area contributed by atoms with E-state index in [1.54, 1.807) is 0 Å². The molecule has 0 aliphatic heterocycles. The third kappa shape index (κ3) is 4.20. The average molecular weight is 229 g/mol. The maximum Gasteiger partial charge on any atom is 0.0306 e. The zero-order valence-electron chi connectivity index (χ0n) is 9.44. The summed E-state index contributed by atoms with van der Waals surface area (Å²) in [4.78, 5) is 0. The molecule has 0 saturated heterocycles. The molecule has 0 aliphatic carbocycles. The van der Waals surface area contributed by atoms with Crippen molar-refractivity contribution in [2.24, 2.45) is 11.5 Å². The van der Waals surface area contributed by atoms with Crippen molar-refractivity contribution >= 4 is 12.4 Å². The lowest BCUT2D eigenvalue weighted by Crippen LogP contribution is -2.15. The van der Waals surface area contributed by atoms with Crippen LogP contribution in [0, 0.1) is 0 Å². The van der Waals surface area contributed by atoms with E-state index in [2.05, 4.69) is 38.1 Å². The van der Waals surface area contributed by atoms with Gasteiger partial charge in [0.25, 0.3) is 0 Å². The van der Waals surface area contributed by atoms with E-state index in [0.29, 0.717) is 12.5 Å². The highest BCUT2D eigenvalue weighted by atomic mass is 35.5. The van der Waals surface area contributed by atoms with Gasteiger partial charge in [0, 0.05) is 6.04 Å². The Bertz CT molecular complexity index is 269. The minimum Gasteiger partial charge on any atom is -0.330 e. The van der Waals surface area contributed by atoms with Crippen molar-refractivity contribution in [3.63, 3.8) is 0 Å². The summed E-state index contributed by atoms with van der Waals surface area (Å²) in [6.07, 6.45) is 0.848. The Labute approximate surface area is 98.5 Å². The van der Waals surface area contributed by atoms with Crippen LogP contribution in [0.15, 0.2) is 24.3 Å². The van der Waals surface area contributed by atoms with Crippen molar-refractivity contribution in [1.29, 1.82) is 0 Å². The van der Waals surface area contributed by atoms with Crippen LogP contribution in [0.25, 0.3) is 0 Å². The predicted octanol–water partition coefficient (Wildman–Crippen LogP) is 2.58. The van der Waals surface area contributed by atoms with Gasteiger partial charge < -0.3 is 11.5 Å². The normalized spacial score (nSPS) is 12.3. The van der Waals surface area contributed by atoms with Crippen LogP contribution in [-0.2, 0) is 0 Å². The van der Waals surface area contributed by atoms with E-state index < -0.39 is 0 Å². The molecule has 86 valence electrons. The van der Waals surface area contributed by atoms with E-state index in [1.807, 2.05) is 0 Å². The van der Waals surface area contributed by atoms with Gasteiger partial charge in [-0.3, -0.25) is 0 Å². The second kappa shape index (κ2) is 6.83. The largest absolute Gasteiger partial charge is 0.330 e. The number of rotatable bonds is 4. The second-order valence-electron chi connectivity index (χ2n) is 4.01. The molecule has 4 N–H and O–H groups in total. The molecule has 15 heavy (non-hydrogen) atoms. The molecule has 3 heteroatoms. The van der Waals surface area contributed by atoms with Crippen LogP contribution in [0.5, 0.6) is 0 Å². The summed E-state index contributed by atoms with van der Waals surface area (Å²) in [6.45, 7) is 5.02. The Hall–Kier alpha value is -0.570. The molecular formula is C12H21ClN2. The van der Waals surface area contributed by atoms with Gasteiger partial charge >= 0.3 is 0 Å². The molecular weight excluding hydrogens is 208 g/mol. The Morgan fingerprint density at radius 2 is 1.53 bits per heavy atom. The number of hydrogen-bond acceptors (Lipinski definition) is 2. The third-order valence-electron chi connectivity index (χ3n) is 2.51. The van der Waals surface area contributed by atoms with E-state index >= 15 is 0 Å². The molecule has 1 aromatic carbocycles. The summed E-state index contributed by atoms with van der Waals surface area (Å²) in [7, 11) is 0. The van der Waals surface area contributed by atoms with Gasteiger partial charge in [0.2, 0.25) is 0 Å². The molecule has 0 aliphatic rings. The molecule has 0 amide bonds. The summed E-state index contributed by atoms with van der Waals surface area (Å²) in [5.41, 5.74) is 14.0. The summed E-state index contributed by atoms with van der Waals surface area (Å²) >= 11 is 0. The molecule has 1 atom stereocenters. The number of benzene rings is 1. The minimum absolute atomic E-state index is 0. The average Bonchev–Trinajstić information content (AvgIpc) is 2.18.